The van der Waals surface area contributed by atoms with Crippen molar-refractivity contribution in [1.82, 2.24) is 5.32 Å². The van der Waals surface area contributed by atoms with Crippen LogP contribution >= 0.6 is 12.2 Å². The second-order valence-corrected chi connectivity index (χ2v) is 6.27. The van der Waals surface area contributed by atoms with Gasteiger partial charge in [-0.05, 0) is 42.9 Å². The van der Waals surface area contributed by atoms with Crippen LogP contribution < -0.4 is 30.2 Å². The molecule has 0 saturated carbocycles. The van der Waals surface area contributed by atoms with Crippen LogP contribution in [0.25, 0.3) is 0 Å². The Bertz CT molecular complexity index is 828. The molecule has 7 nitrogen and oxygen atoms in total. The normalized spacial score (nSPS) is 11.6. The molecule has 0 atom stereocenters. The lowest BCUT2D eigenvalue weighted by atomic mass is 10.3. The summed E-state index contributed by atoms with van der Waals surface area (Å²) in [5.41, 5.74) is 1.55. The van der Waals surface area contributed by atoms with Crippen LogP contribution in [-0.4, -0.2) is 31.0 Å². The molecule has 0 aliphatic carbocycles. The smallest absolute Gasteiger partial charge is 0.231 e. The van der Waals surface area contributed by atoms with E-state index in [2.05, 4.69) is 16.0 Å². The SMILES string of the molecule is CC(=O)Nc1cccc(OCCCNC(=S)Nc2ccc3c(c2)OCO3)c1. The number of fused-ring (bicyclic) bond motifs is 1. The number of carbonyl (C=O) groups is 1. The minimum Gasteiger partial charge on any atom is -0.493 e. The third-order valence-corrected chi connectivity index (χ3v) is 3.91. The lowest BCUT2D eigenvalue weighted by Crippen LogP contribution is -2.30. The highest BCUT2D eigenvalue weighted by Gasteiger charge is 2.13. The quantitative estimate of drug-likeness (QED) is 0.497. The second-order valence-electron chi connectivity index (χ2n) is 5.86. The minimum atomic E-state index is -0.111. The number of nitrogens with one attached hydrogen (secondary N) is 3. The lowest BCUT2D eigenvalue weighted by Gasteiger charge is -2.12. The monoisotopic (exact) mass is 387 g/mol. The van der Waals surface area contributed by atoms with Crippen molar-refractivity contribution in [2.75, 3.05) is 30.6 Å². The number of anilines is 2. The number of rotatable bonds is 7. The molecule has 0 spiro atoms. The van der Waals surface area contributed by atoms with E-state index in [-0.39, 0.29) is 12.7 Å². The number of amides is 1. The summed E-state index contributed by atoms with van der Waals surface area (Å²) >= 11 is 5.29. The van der Waals surface area contributed by atoms with Crippen LogP contribution in [0.5, 0.6) is 17.2 Å². The number of ether oxygens (including phenoxy) is 3. The molecule has 1 aliphatic heterocycles. The highest BCUT2D eigenvalue weighted by molar-refractivity contribution is 7.80. The molecule has 1 heterocycles. The van der Waals surface area contributed by atoms with Crippen molar-refractivity contribution in [3.63, 3.8) is 0 Å². The summed E-state index contributed by atoms with van der Waals surface area (Å²) < 4.78 is 16.3. The predicted molar refractivity (Wildman–Crippen MR) is 108 cm³/mol. The Hall–Kier alpha value is -3.00. The van der Waals surface area contributed by atoms with Gasteiger partial charge in [0.25, 0.3) is 0 Å². The van der Waals surface area contributed by atoms with E-state index < -0.39 is 0 Å². The number of carbonyl (C=O) groups excluding carboxylic acids is 1. The zero-order valence-corrected chi connectivity index (χ0v) is 15.7. The molecule has 3 N–H and O–H groups in total. The molecular weight excluding hydrogens is 366 g/mol. The molecule has 142 valence electrons. The van der Waals surface area contributed by atoms with E-state index in [1.165, 1.54) is 6.92 Å². The molecule has 0 aromatic heterocycles. The van der Waals surface area contributed by atoms with Gasteiger partial charge in [0.05, 0.1) is 6.61 Å². The Morgan fingerprint density at radius 2 is 1.93 bits per heavy atom. The molecule has 8 heteroatoms. The average Bonchev–Trinajstić information content (AvgIpc) is 3.09. The van der Waals surface area contributed by atoms with Gasteiger partial charge in [0.15, 0.2) is 16.6 Å². The van der Waals surface area contributed by atoms with Crippen molar-refractivity contribution in [2.24, 2.45) is 0 Å². The van der Waals surface area contributed by atoms with Gasteiger partial charge < -0.3 is 30.2 Å². The van der Waals surface area contributed by atoms with Gasteiger partial charge in [-0.15, -0.1) is 0 Å². The summed E-state index contributed by atoms with van der Waals surface area (Å²) in [6, 6.07) is 12.9. The zero-order chi connectivity index (χ0) is 19.1. The van der Waals surface area contributed by atoms with Crippen LogP contribution in [0.4, 0.5) is 11.4 Å². The van der Waals surface area contributed by atoms with Crippen molar-refractivity contribution in [3.05, 3.63) is 42.5 Å². The number of benzene rings is 2. The van der Waals surface area contributed by atoms with E-state index in [0.717, 1.165) is 17.9 Å². The van der Waals surface area contributed by atoms with Crippen LogP contribution in [-0.2, 0) is 4.79 Å². The molecule has 1 amide bonds. The van der Waals surface area contributed by atoms with Gasteiger partial charge in [-0.3, -0.25) is 4.79 Å². The van der Waals surface area contributed by atoms with E-state index in [1.807, 2.05) is 36.4 Å². The summed E-state index contributed by atoms with van der Waals surface area (Å²) in [7, 11) is 0. The molecule has 0 fully saturated rings. The van der Waals surface area contributed by atoms with Gasteiger partial charge in [-0.1, -0.05) is 6.07 Å². The molecule has 2 aromatic carbocycles. The minimum absolute atomic E-state index is 0.111. The highest BCUT2D eigenvalue weighted by atomic mass is 32.1. The first-order chi connectivity index (χ1) is 13.1. The van der Waals surface area contributed by atoms with Gasteiger partial charge in [-0.2, -0.15) is 0 Å². The summed E-state index contributed by atoms with van der Waals surface area (Å²) in [6.07, 6.45) is 0.771. The Morgan fingerprint density at radius 3 is 2.78 bits per heavy atom. The summed E-state index contributed by atoms with van der Waals surface area (Å²) in [4.78, 5) is 11.1. The Labute approximate surface area is 163 Å². The van der Waals surface area contributed by atoms with Crippen LogP contribution in [0.3, 0.4) is 0 Å². The predicted octanol–water partition coefficient (Wildman–Crippen LogP) is 3.13. The van der Waals surface area contributed by atoms with Gasteiger partial charge >= 0.3 is 0 Å². The van der Waals surface area contributed by atoms with Crippen molar-refractivity contribution >= 4 is 34.6 Å². The largest absolute Gasteiger partial charge is 0.493 e. The first-order valence-electron chi connectivity index (χ1n) is 8.55. The zero-order valence-electron chi connectivity index (χ0n) is 14.9. The second kappa shape index (κ2) is 9.09. The van der Waals surface area contributed by atoms with Crippen LogP contribution in [0.1, 0.15) is 13.3 Å². The summed E-state index contributed by atoms with van der Waals surface area (Å²) in [6.45, 7) is 2.92. The molecule has 0 radical (unpaired) electrons. The maximum Gasteiger partial charge on any atom is 0.231 e. The van der Waals surface area contributed by atoms with E-state index in [1.54, 1.807) is 6.07 Å². The molecule has 0 saturated heterocycles. The number of hydrogen-bond acceptors (Lipinski definition) is 5. The Kier molecular flexibility index (Phi) is 6.32. The molecule has 2 aromatic rings. The first-order valence-corrected chi connectivity index (χ1v) is 8.96. The third-order valence-electron chi connectivity index (χ3n) is 3.66. The summed E-state index contributed by atoms with van der Waals surface area (Å²) in [5.74, 6) is 2.04. The van der Waals surface area contributed by atoms with Crippen molar-refractivity contribution in [1.29, 1.82) is 0 Å². The fourth-order valence-electron chi connectivity index (χ4n) is 2.48. The fourth-order valence-corrected chi connectivity index (χ4v) is 2.70. The lowest BCUT2D eigenvalue weighted by molar-refractivity contribution is -0.114. The molecule has 27 heavy (non-hydrogen) atoms. The molecule has 1 aliphatic rings. The Balaban J connectivity index is 1.35. The molecule has 3 rings (SSSR count). The maximum absolute atomic E-state index is 11.1. The first kappa shape index (κ1) is 18.8. The van der Waals surface area contributed by atoms with Crippen LogP contribution in [0.15, 0.2) is 42.5 Å². The van der Waals surface area contributed by atoms with Crippen molar-refractivity contribution in [3.8, 4) is 17.2 Å². The van der Waals surface area contributed by atoms with Gasteiger partial charge in [0, 0.05) is 37.0 Å². The standard InChI is InChI=1S/C19H21N3O4S/c1-13(23)21-14-4-2-5-16(10-14)24-9-3-8-20-19(27)22-15-6-7-17-18(11-15)26-12-25-17/h2,4-7,10-11H,3,8-9,12H2,1H3,(H,21,23)(H2,20,22,27). The van der Waals surface area contributed by atoms with Gasteiger partial charge in [0.1, 0.15) is 5.75 Å². The van der Waals surface area contributed by atoms with Crippen molar-refractivity contribution in [2.45, 2.75) is 13.3 Å². The van der Waals surface area contributed by atoms with E-state index in [0.29, 0.717) is 35.5 Å². The van der Waals surface area contributed by atoms with Gasteiger partial charge in [-0.25, -0.2) is 0 Å². The number of hydrogen-bond donors (Lipinski definition) is 3. The molecule has 0 bridgehead atoms. The van der Waals surface area contributed by atoms with E-state index in [4.69, 9.17) is 26.4 Å². The number of thiocarbonyl (C=S) groups is 1. The van der Waals surface area contributed by atoms with Crippen LogP contribution in [0, 0.1) is 0 Å². The fraction of sp³-hybridized carbons (Fsp3) is 0.263. The van der Waals surface area contributed by atoms with E-state index in [9.17, 15) is 4.79 Å². The molecular formula is C19H21N3O4S. The van der Waals surface area contributed by atoms with E-state index >= 15 is 0 Å². The topological polar surface area (TPSA) is 80.9 Å². The summed E-state index contributed by atoms with van der Waals surface area (Å²) in [5, 5.41) is 9.50. The third kappa shape index (κ3) is 5.75. The maximum atomic E-state index is 11.1. The average molecular weight is 387 g/mol. The Morgan fingerprint density at radius 1 is 1.11 bits per heavy atom. The van der Waals surface area contributed by atoms with Gasteiger partial charge in [0.2, 0.25) is 12.7 Å². The molecule has 0 unspecified atom stereocenters. The van der Waals surface area contributed by atoms with Crippen LogP contribution in [0.2, 0.25) is 0 Å². The highest BCUT2D eigenvalue weighted by Crippen LogP contribution is 2.34. The van der Waals surface area contributed by atoms with Crippen molar-refractivity contribution < 1.29 is 19.0 Å².